The fourth-order valence-corrected chi connectivity index (χ4v) is 1.56. The van der Waals surface area contributed by atoms with Crippen molar-refractivity contribution in [1.29, 1.82) is 0 Å². The Hall–Kier alpha value is -1.81. The minimum atomic E-state index is -0.604. The highest BCUT2D eigenvalue weighted by Crippen LogP contribution is 2.29. The maximum Gasteiger partial charge on any atom is 0.189 e. The van der Waals surface area contributed by atoms with Crippen LogP contribution in [0.4, 0.5) is 0 Å². The van der Waals surface area contributed by atoms with Crippen molar-refractivity contribution in [2.45, 2.75) is 12.5 Å². The van der Waals surface area contributed by atoms with Crippen LogP contribution in [0.2, 0.25) is 0 Å². The van der Waals surface area contributed by atoms with Gasteiger partial charge in [0, 0.05) is 0 Å². The number of benzene rings is 1. The number of hydrogen-bond donors (Lipinski definition) is 0. The van der Waals surface area contributed by atoms with Crippen LogP contribution in [0.15, 0.2) is 24.3 Å². The largest absolute Gasteiger partial charge is 0.493 e. The SMILES string of the molecule is COc1ccc(C=CC(=O)C2(C)CO2)cc1OC. The van der Waals surface area contributed by atoms with Gasteiger partial charge in [-0.1, -0.05) is 12.1 Å². The van der Waals surface area contributed by atoms with Crippen molar-refractivity contribution in [3.05, 3.63) is 29.8 Å². The summed E-state index contributed by atoms with van der Waals surface area (Å²) >= 11 is 0. The molecular formula is C14H16O4. The summed E-state index contributed by atoms with van der Waals surface area (Å²) in [5, 5.41) is 0. The number of ether oxygens (including phenoxy) is 3. The molecule has 96 valence electrons. The summed E-state index contributed by atoms with van der Waals surface area (Å²) in [6.07, 6.45) is 3.28. The molecule has 1 atom stereocenters. The molecule has 0 saturated carbocycles. The molecule has 0 N–H and O–H groups in total. The second-order valence-electron chi connectivity index (χ2n) is 4.33. The number of carbonyl (C=O) groups is 1. The van der Waals surface area contributed by atoms with E-state index in [1.165, 1.54) is 6.08 Å². The van der Waals surface area contributed by atoms with E-state index in [0.717, 1.165) is 5.56 Å². The van der Waals surface area contributed by atoms with Crippen molar-refractivity contribution < 1.29 is 19.0 Å². The first-order chi connectivity index (χ1) is 8.59. The summed E-state index contributed by atoms with van der Waals surface area (Å²) in [6, 6.07) is 5.48. The zero-order valence-corrected chi connectivity index (χ0v) is 10.7. The zero-order chi connectivity index (χ0) is 13.2. The number of methoxy groups -OCH3 is 2. The molecule has 0 amide bonds. The Balaban J connectivity index is 2.14. The van der Waals surface area contributed by atoms with E-state index in [1.807, 2.05) is 12.1 Å². The fourth-order valence-electron chi connectivity index (χ4n) is 1.56. The van der Waals surface area contributed by atoms with Crippen molar-refractivity contribution >= 4 is 11.9 Å². The first kappa shape index (κ1) is 12.6. The van der Waals surface area contributed by atoms with Gasteiger partial charge in [0.2, 0.25) is 0 Å². The minimum absolute atomic E-state index is 0.0164. The molecule has 0 aliphatic carbocycles. The minimum Gasteiger partial charge on any atom is -0.493 e. The van der Waals surface area contributed by atoms with E-state index in [4.69, 9.17) is 14.2 Å². The van der Waals surface area contributed by atoms with E-state index in [-0.39, 0.29) is 5.78 Å². The molecule has 4 nitrogen and oxygen atoms in total. The third-order valence-electron chi connectivity index (χ3n) is 2.93. The quantitative estimate of drug-likeness (QED) is 0.591. The monoisotopic (exact) mass is 248 g/mol. The van der Waals surface area contributed by atoms with Gasteiger partial charge in [0.25, 0.3) is 0 Å². The Labute approximate surface area is 106 Å². The first-order valence-corrected chi connectivity index (χ1v) is 5.67. The van der Waals surface area contributed by atoms with Crippen LogP contribution in [0.25, 0.3) is 6.08 Å². The van der Waals surface area contributed by atoms with Crippen molar-refractivity contribution in [1.82, 2.24) is 0 Å². The zero-order valence-electron chi connectivity index (χ0n) is 10.7. The normalized spacial score (nSPS) is 21.9. The second-order valence-corrected chi connectivity index (χ2v) is 4.33. The van der Waals surface area contributed by atoms with E-state index in [1.54, 1.807) is 33.3 Å². The molecule has 1 saturated heterocycles. The fraction of sp³-hybridized carbons (Fsp3) is 0.357. The summed E-state index contributed by atoms with van der Waals surface area (Å²) in [6.45, 7) is 2.29. The summed E-state index contributed by atoms with van der Waals surface area (Å²) in [4.78, 5) is 11.7. The third-order valence-corrected chi connectivity index (χ3v) is 2.93. The maximum absolute atomic E-state index is 11.7. The van der Waals surface area contributed by atoms with Gasteiger partial charge in [-0.3, -0.25) is 4.79 Å². The molecule has 1 fully saturated rings. The topological polar surface area (TPSA) is 48.1 Å². The van der Waals surface area contributed by atoms with Gasteiger partial charge in [-0.25, -0.2) is 0 Å². The number of hydrogen-bond acceptors (Lipinski definition) is 4. The van der Waals surface area contributed by atoms with Gasteiger partial charge in [0.15, 0.2) is 22.9 Å². The lowest BCUT2D eigenvalue weighted by Crippen LogP contribution is -2.17. The van der Waals surface area contributed by atoms with Crippen molar-refractivity contribution in [3.8, 4) is 11.5 Å². The Bertz CT molecular complexity index is 487. The predicted octanol–water partition coefficient (Wildman–Crippen LogP) is 2.08. The van der Waals surface area contributed by atoms with E-state index in [9.17, 15) is 4.79 Å². The van der Waals surface area contributed by atoms with Crippen LogP contribution < -0.4 is 9.47 Å². The third kappa shape index (κ3) is 2.54. The summed E-state index contributed by atoms with van der Waals surface area (Å²) in [5.41, 5.74) is 0.276. The molecule has 4 heteroatoms. The molecule has 18 heavy (non-hydrogen) atoms. The molecule has 0 bridgehead atoms. The van der Waals surface area contributed by atoms with Gasteiger partial charge in [-0.05, 0) is 30.7 Å². The Morgan fingerprint density at radius 1 is 1.33 bits per heavy atom. The molecule has 1 aliphatic heterocycles. The molecule has 0 spiro atoms. The van der Waals surface area contributed by atoms with Crippen LogP contribution in [0, 0.1) is 0 Å². The van der Waals surface area contributed by atoms with E-state index in [2.05, 4.69) is 0 Å². The summed E-state index contributed by atoms with van der Waals surface area (Å²) in [5.74, 6) is 1.29. The van der Waals surface area contributed by atoms with Gasteiger partial charge < -0.3 is 14.2 Å². The van der Waals surface area contributed by atoms with Crippen LogP contribution >= 0.6 is 0 Å². The number of epoxide rings is 1. The van der Waals surface area contributed by atoms with Crippen LogP contribution in [-0.2, 0) is 9.53 Å². The number of rotatable bonds is 5. The lowest BCUT2D eigenvalue weighted by Gasteiger charge is -2.07. The summed E-state index contributed by atoms with van der Waals surface area (Å²) in [7, 11) is 3.16. The molecule has 1 unspecified atom stereocenters. The first-order valence-electron chi connectivity index (χ1n) is 5.67. The highest BCUT2D eigenvalue weighted by atomic mass is 16.6. The Kier molecular flexibility index (Phi) is 3.39. The lowest BCUT2D eigenvalue weighted by molar-refractivity contribution is -0.118. The molecule has 0 radical (unpaired) electrons. The van der Waals surface area contributed by atoms with E-state index >= 15 is 0 Å². The summed E-state index contributed by atoms with van der Waals surface area (Å²) < 4.78 is 15.4. The average Bonchev–Trinajstić information content (AvgIpc) is 3.14. The molecule has 0 aromatic heterocycles. The highest BCUT2D eigenvalue weighted by Gasteiger charge is 2.45. The number of carbonyl (C=O) groups excluding carboxylic acids is 1. The van der Waals surface area contributed by atoms with Crippen LogP contribution in [-0.4, -0.2) is 32.2 Å². The van der Waals surface area contributed by atoms with Crippen LogP contribution in [0.1, 0.15) is 12.5 Å². The maximum atomic E-state index is 11.7. The smallest absolute Gasteiger partial charge is 0.189 e. The van der Waals surface area contributed by atoms with E-state index < -0.39 is 5.60 Å². The average molecular weight is 248 g/mol. The molecular weight excluding hydrogens is 232 g/mol. The van der Waals surface area contributed by atoms with E-state index in [0.29, 0.717) is 18.1 Å². The molecule has 1 aliphatic rings. The Morgan fingerprint density at radius 3 is 2.56 bits per heavy atom. The van der Waals surface area contributed by atoms with Crippen molar-refractivity contribution in [3.63, 3.8) is 0 Å². The van der Waals surface area contributed by atoms with Crippen molar-refractivity contribution in [2.75, 3.05) is 20.8 Å². The highest BCUT2D eigenvalue weighted by molar-refractivity contribution is 6.01. The second kappa shape index (κ2) is 4.82. The standard InChI is InChI=1S/C14H16O4/c1-14(9-18-14)13(15)7-5-10-4-6-11(16-2)12(8-10)17-3/h4-8H,9H2,1-3H3. The van der Waals surface area contributed by atoms with Crippen LogP contribution in [0.5, 0.6) is 11.5 Å². The van der Waals surface area contributed by atoms with Gasteiger partial charge >= 0.3 is 0 Å². The molecule has 1 heterocycles. The van der Waals surface area contributed by atoms with Gasteiger partial charge in [0.1, 0.15) is 0 Å². The lowest BCUT2D eigenvalue weighted by atomic mass is 10.1. The number of ketones is 1. The predicted molar refractivity (Wildman–Crippen MR) is 67.9 cm³/mol. The van der Waals surface area contributed by atoms with Crippen molar-refractivity contribution in [2.24, 2.45) is 0 Å². The molecule has 2 rings (SSSR count). The Morgan fingerprint density at radius 2 is 2.00 bits per heavy atom. The molecule has 1 aromatic rings. The van der Waals surface area contributed by atoms with Gasteiger partial charge in [-0.2, -0.15) is 0 Å². The van der Waals surface area contributed by atoms with Gasteiger partial charge in [-0.15, -0.1) is 0 Å². The van der Waals surface area contributed by atoms with Gasteiger partial charge in [0.05, 0.1) is 20.8 Å². The molecule has 1 aromatic carbocycles. The van der Waals surface area contributed by atoms with Crippen LogP contribution in [0.3, 0.4) is 0 Å².